The molecule has 1 aromatic carbocycles. The number of benzene rings is 1. The van der Waals surface area contributed by atoms with Crippen LogP contribution in [-0.4, -0.2) is 31.3 Å². The molecule has 1 aromatic rings. The van der Waals surface area contributed by atoms with Crippen molar-refractivity contribution in [3.05, 3.63) is 23.3 Å². The molecule has 0 radical (unpaired) electrons. The summed E-state index contributed by atoms with van der Waals surface area (Å²) in [7, 11) is 1.01. The lowest BCUT2D eigenvalue weighted by atomic mass is 9.77. The minimum atomic E-state index is -0.509. The van der Waals surface area contributed by atoms with Gasteiger partial charge >= 0.3 is 7.12 Å². The van der Waals surface area contributed by atoms with Gasteiger partial charge in [-0.05, 0) is 51.7 Å². The normalized spacial score (nSPS) is 19.6. The molecule has 1 amide bonds. The van der Waals surface area contributed by atoms with Gasteiger partial charge in [0, 0.05) is 0 Å². The van der Waals surface area contributed by atoms with Crippen molar-refractivity contribution < 1.29 is 18.8 Å². The van der Waals surface area contributed by atoms with E-state index in [1.165, 1.54) is 7.11 Å². The lowest BCUT2D eigenvalue weighted by molar-refractivity contribution is 0.00578. The van der Waals surface area contributed by atoms with Crippen LogP contribution in [0.25, 0.3) is 0 Å². The van der Waals surface area contributed by atoms with Gasteiger partial charge in [0.15, 0.2) is 0 Å². The van der Waals surface area contributed by atoms with Crippen LogP contribution < -0.4 is 15.9 Å². The molecular weight excluding hydrogens is 269 g/mol. The van der Waals surface area contributed by atoms with E-state index in [-0.39, 0.29) is 0 Å². The van der Waals surface area contributed by atoms with Gasteiger partial charge in [0.1, 0.15) is 5.75 Å². The van der Waals surface area contributed by atoms with Crippen LogP contribution in [0.4, 0.5) is 0 Å². The Morgan fingerprint density at radius 3 is 2.14 bits per heavy atom. The smallest absolute Gasteiger partial charge is 0.494 e. The zero-order valence-electron chi connectivity index (χ0n) is 13.4. The third-order valence-corrected chi connectivity index (χ3v) is 4.31. The molecule has 0 bridgehead atoms. The first kappa shape index (κ1) is 15.9. The molecule has 1 aliphatic rings. The minimum absolute atomic E-state index is 0.387. The topological polar surface area (TPSA) is 70.8 Å². The van der Waals surface area contributed by atoms with E-state index in [2.05, 4.69) is 0 Å². The summed E-state index contributed by atoms with van der Waals surface area (Å²) in [4.78, 5) is 11.5. The Hall–Kier alpha value is -1.53. The lowest BCUT2D eigenvalue weighted by Crippen LogP contribution is -2.41. The molecule has 1 aliphatic heterocycles. The zero-order chi connectivity index (χ0) is 16.0. The summed E-state index contributed by atoms with van der Waals surface area (Å²) in [5.41, 5.74) is 6.51. The number of amides is 1. The molecule has 6 heteroatoms. The molecule has 1 heterocycles. The number of carbonyl (C=O) groups excluding carboxylic acids is 1. The van der Waals surface area contributed by atoms with Crippen molar-refractivity contribution in [3.63, 3.8) is 0 Å². The Kier molecular flexibility index (Phi) is 3.80. The van der Waals surface area contributed by atoms with Crippen LogP contribution in [0, 0.1) is 6.92 Å². The summed E-state index contributed by atoms with van der Waals surface area (Å²) < 4.78 is 17.3. The predicted octanol–water partition coefficient (Wildman–Crippen LogP) is 1.40. The van der Waals surface area contributed by atoms with Crippen LogP contribution in [0.15, 0.2) is 12.1 Å². The molecule has 0 spiro atoms. The number of rotatable bonds is 3. The van der Waals surface area contributed by atoms with Crippen molar-refractivity contribution in [3.8, 4) is 5.75 Å². The monoisotopic (exact) mass is 291 g/mol. The molecule has 2 rings (SSSR count). The van der Waals surface area contributed by atoms with Gasteiger partial charge in [-0.2, -0.15) is 0 Å². The fourth-order valence-electron chi connectivity index (χ4n) is 2.37. The van der Waals surface area contributed by atoms with Gasteiger partial charge in [0.05, 0.1) is 23.9 Å². The van der Waals surface area contributed by atoms with Gasteiger partial charge in [-0.1, -0.05) is 6.07 Å². The predicted molar refractivity (Wildman–Crippen MR) is 82.0 cm³/mol. The van der Waals surface area contributed by atoms with Crippen molar-refractivity contribution in [1.29, 1.82) is 0 Å². The maximum Gasteiger partial charge on any atom is 0.494 e. The first-order valence-corrected chi connectivity index (χ1v) is 6.93. The average Bonchev–Trinajstić information content (AvgIpc) is 2.56. The van der Waals surface area contributed by atoms with Crippen molar-refractivity contribution in [1.82, 2.24) is 0 Å². The van der Waals surface area contributed by atoms with Crippen LogP contribution in [0.2, 0.25) is 0 Å². The first-order chi connectivity index (χ1) is 9.59. The number of aryl methyl sites for hydroxylation is 1. The van der Waals surface area contributed by atoms with Gasteiger partial charge in [0.25, 0.3) is 5.91 Å². The lowest BCUT2D eigenvalue weighted by Gasteiger charge is -2.32. The molecule has 5 nitrogen and oxygen atoms in total. The number of ether oxygens (including phenoxy) is 1. The van der Waals surface area contributed by atoms with E-state index in [0.717, 1.165) is 11.0 Å². The number of hydrogen-bond donors (Lipinski definition) is 1. The SMILES string of the molecule is COc1cc(B2OC(C)(C)C(C)(C)O2)cc(C)c1C(N)=O. The highest BCUT2D eigenvalue weighted by Gasteiger charge is 2.51. The average molecular weight is 291 g/mol. The van der Waals surface area contributed by atoms with Gasteiger partial charge in [-0.15, -0.1) is 0 Å². The zero-order valence-corrected chi connectivity index (χ0v) is 13.4. The van der Waals surface area contributed by atoms with Gasteiger partial charge in [0.2, 0.25) is 0 Å². The molecule has 0 saturated carbocycles. The summed E-state index contributed by atoms with van der Waals surface area (Å²) in [5.74, 6) is -0.0722. The highest BCUT2D eigenvalue weighted by Crippen LogP contribution is 2.37. The van der Waals surface area contributed by atoms with E-state index in [4.69, 9.17) is 19.8 Å². The molecule has 1 saturated heterocycles. The molecule has 114 valence electrons. The van der Waals surface area contributed by atoms with Crippen LogP contribution in [0.1, 0.15) is 43.6 Å². The summed E-state index contributed by atoms with van der Waals surface area (Å²) in [6, 6.07) is 3.60. The van der Waals surface area contributed by atoms with Crippen LogP contribution >= 0.6 is 0 Å². The minimum Gasteiger partial charge on any atom is -0.496 e. The Bertz CT molecular complexity index is 567. The van der Waals surface area contributed by atoms with E-state index in [1.807, 2.05) is 40.7 Å². The number of nitrogens with two attached hydrogens (primary N) is 1. The maximum atomic E-state index is 11.5. The van der Waals surface area contributed by atoms with E-state index < -0.39 is 24.2 Å². The van der Waals surface area contributed by atoms with Gasteiger partial charge < -0.3 is 19.8 Å². The molecular formula is C15H22BNO4. The Morgan fingerprint density at radius 2 is 1.71 bits per heavy atom. The molecule has 0 aliphatic carbocycles. The quantitative estimate of drug-likeness (QED) is 0.855. The van der Waals surface area contributed by atoms with E-state index in [1.54, 1.807) is 6.07 Å². The third kappa shape index (κ3) is 2.65. The molecule has 21 heavy (non-hydrogen) atoms. The summed E-state index contributed by atoms with van der Waals surface area (Å²) in [6.45, 7) is 9.80. The second kappa shape index (κ2) is 5.03. The maximum absolute atomic E-state index is 11.5. The summed E-state index contributed by atoms with van der Waals surface area (Å²) >= 11 is 0. The fourth-order valence-corrected chi connectivity index (χ4v) is 2.37. The number of primary amides is 1. The van der Waals surface area contributed by atoms with Crippen LogP contribution in [0.5, 0.6) is 5.75 Å². The Balaban J connectivity index is 2.44. The largest absolute Gasteiger partial charge is 0.496 e. The van der Waals surface area contributed by atoms with Gasteiger partial charge in [-0.3, -0.25) is 4.79 Å². The first-order valence-electron chi connectivity index (χ1n) is 6.93. The van der Waals surface area contributed by atoms with Crippen LogP contribution in [-0.2, 0) is 9.31 Å². The van der Waals surface area contributed by atoms with Crippen molar-refractivity contribution in [2.24, 2.45) is 5.73 Å². The molecule has 0 unspecified atom stereocenters. The molecule has 0 atom stereocenters. The van der Waals surface area contributed by atoms with Crippen molar-refractivity contribution in [2.45, 2.75) is 45.8 Å². The third-order valence-electron chi connectivity index (χ3n) is 4.31. The number of carbonyl (C=O) groups is 1. The molecule has 0 aromatic heterocycles. The fraction of sp³-hybridized carbons (Fsp3) is 0.533. The van der Waals surface area contributed by atoms with Crippen LogP contribution in [0.3, 0.4) is 0 Å². The van der Waals surface area contributed by atoms with Crippen molar-refractivity contribution in [2.75, 3.05) is 7.11 Å². The summed E-state index contributed by atoms with van der Waals surface area (Å²) in [6.07, 6.45) is 0. The Labute approximate surface area is 125 Å². The number of methoxy groups -OCH3 is 1. The summed E-state index contributed by atoms with van der Waals surface area (Å²) in [5, 5.41) is 0. The highest BCUT2D eigenvalue weighted by molar-refractivity contribution is 6.62. The Morgan fingerprint density at radius 1 is 1.19 bits per heavy atom. The second-order valence-corrected chi connectivity index (χ2v) is 6.37. The highest BCUT2D eigenvalue weighted by atomic mass is 16.7. The second-order valence-electron chi connectivity index (χ2n) is 6.37. The molecule has 2 N–H and O–H groups in total. The number of hydrogen-bond acceptors (Lipinski definition) is 4. The van der Waals surface area contributed by atoms with E-state index in [9.17, 15) is 4.79 Å². The molecule has 1 fully saturated rings. The van der Waals surface area contributed by atoms with E-state index >= 15 is 0 Å². The van der Waals surface area contributed by atoms with Crippen molar-refractivity contribution >= 4 is 18.5 Å². The van der Waals surface area contributed by atoms with Gasteiger partial charge in [-0.25, -0.2) is 0 Å². The van der Waals surface area contributed by atoms with E-state index in [0.29, 0.717) is 11.3 Å². The standard InChI is InChI=1S/C15H22BNO4/c1-9-7-10(8-11(19-6)12(9)13(17)18)16-20-14(2,3)15(4,5)21-16/h7-8H,1-6H3,(H2,17,18).